The van der Waals surface area contributed by atoms with E-state index < -0.39 is 23.8 Å². The molecule has 0 aliphatic rings. The number of carbonyl (C=O) groups is 1. The van der Waals surface area contributed by atoms with E-state index in [1.807, 2.05) is 0 Å². The number of hydrogen-bond acceptors (Lipinski definition) is 2. The molecule has 1 aromatic rings. The lowest BCUT2D eigenvalue weighted by molar-refractivity contribution is -0.134. The fourth-order valence-corrected chi connectivity index (χ4v) is 2.49. The summed E-state index contributed by atoms with van der Waals surface area (Å²) in [7, 11) is 0. The summed E-state index contributed by atoms with van der Waals surface area (Å²) in [6.45, 7) is 0. The molecule has 100 valence electrons. The van der Waals surface area contributed by atoms with E-state index in [1.165, 1.54) is 24.3 Å². The molecular weight excluding hydrogens is 287 g/mol. The normalized spacial score (nSPS) is 13.3. The zero-order valence-electron chi connectivity index (χ0n) is 9.21. The zero-order valence-corrected chi connectivity index (χ0v) is 10.8. The molecule has 18 heavy (non-hydrogen) atoms. The Morgan fingerprint density at radius 2 is 1.89 bits per heavy atom. The first-order valence-corrected chi connectivity index (χ1v) is 6.43. The van der Waals surface area contributed by atoms with Gasteiger partial charge >= 0.3 is 6.18 Å². The van der Waals surface area contributed by atoms with Crippen molar-refractivity contribution in [3.63, 3.8) is 0 Å². The SMILES string of the molecule is NC(=O)CSC(CC(F)(F)F)c1ccc(Cl)cc1. The van der Waals surface area contributed by atoms with E-state index >= 15 is 0 Å². The van der Waals surface area contributed by atoms with Gasteiger partial charge in [-0.25, -0.2) is 0 Å². The number of halogens is 4. The molecule has 1 unspecified atom stereocenters. The van der Waals surface area contributed by atoms with Gasteiger partial charge in [0.1, 0.15) is 0 Å². The van der Waals surface area contributed by atoms with Crippen molar-refractivity contribution in [2.45, 2.75) is 17.8 Å². The van der Waals surface area contributed by atoms with Gasteiger partial charge in [-0.15, -0.1) is 11.8 Å². The smallest absolute Gasteiger partial charge is 0.369 e. The van der Waals surface area contributed by atoms with Crippen molar-refractivity contribution in [1.29, 1.82) is 0 Å². The lowest BCUT2D eigenvalue weighted by Gasteiger charge is -2.18. The number of primary amides is 1. The Labute approximate surface area is 112 Å². The molecule has 0 heterocycles. The van der Waals surface area contributed by atoms with Crippen LogP contribution in [0.1, 0.15) is 17.2 Å². The van der Waals surface area contributed by atoms with Crippen LogP contribution in [0.5, 0.6) is 0 Å². The molecule has 2 nitrogen and oxygen atoms in total. The lowest BCUT2D eigenvalue weighted by Crippen LogP contribution is -2.17. The van der Waals surface area contributed by atoms with Gasteiger partial charge in [-0.05, 0) is 17.7 Å². The van der Waals surface area contributed by atoms with Crippen LogP contribution in [-0.4, -0.2) is 17.8 Å². The van der Waals surface area contributed by atoms with Crippen molar-refractivity contribution in [3.05, 3.63) is 34.9 Å². The Morgan fingerprint density at radius 3 is 2.33 bits per heavy atom. The van der Waals surface area contributed by atoms with Crippen LogP contribution in [0.4, 0.5) is 13.2 Å². The average molecular weight is 298 g/mol. The van der Waals surface area contributed by atoms with Crippen LogP contribution in [-0.2, 0) is 4.79 Å². The molecule has 0 aromatic heterocycles. The largest absolute Gasteiger partial charge is 0.390 e. The minimum atomic E-state index is -4.30. The standard InChI is InChI=1S/C11H11ClF3NOS/c12-8-3-1-7(2-4-8)9(5-11(13,14)15)18-6-10(16)17/h1-4,9H,5-6H2,(H2,16,17). The first-order chi connectivity index (χ1) is 8.28. The maximum atomic E-state index is 12.4. The van der Waals surface area contributed by atoms with Crippen LogP contribution >= 0.6 is 23.4 Å². The third kappa shape index (κ3) is 5.64. The Hall–Kier alpha value is -0.880. The molecular formula is C11H11ClF3NOS. The van der Waals surface area contributed by atoms with Crippen molar-refractivity contribution in [2.24, 2.45) is 5.73 Å². The van der Waals surface area contributed by atoms with Gasteiger partial charge < -0.3 is 5.73 Å². The molecule has 7 heteroatoms. The highest BCUT2D eigenvalue weighted by Gasteiger charge is 2.33. The summed E-state index contributed by atoms with van der Waals surface area (Å²) in [5, 5.41) is -0.404. The van der Waals surface area contributed by atoms with Gasteiger partial charge in [0.2, 0.25) is 5.91 Å². The van der Waals surface area contributed by atoms with Crippen molar-refractivity contribution < 1.29 is 18.0 Å². The summed E-state index contributed by atoms with van der Waals surface area (Å²) in [6.07, 6.45) is -5.30. The number of alkyl halides is 3. The summed E-state index contributed by atoms with van der Waals surface area (Å²) in [4.78, 5) is 10.7. The highest BCUT2D eigenvalue weighted by atomic mass is 35.5. The molecule has 0 aliphatic heterocycles. The number of carbonyl (C=O) groups excluding carboxylic acids is 1. The lowest BCUT2D eigenvalue weighted by atomic mass is 10.1. The van der Waals surface area contributed by atoms with Gasteiger partial charge in [-0.3, -0.25) is 4.79 Å². The van der Waals surface area contributed by atoms with Crippen LogP contribution in [0, 0.1) is 0 Å². The molecule has 0 saturated carbocycles. The summed E-state index contributed by atoms with van der Waals surface area (Å²) in [6, 6.07) is 6.08. The minimum absolute atomic E-state index is 0.149. The fourth-order valence-electron chi connectivity index (χ4n) is 1.34. The number of nitrogens with two attached hydrogens (primary N) is 1. The number of thioether (sulfide) groups is 1. The fraction of sp³-hybridized carbons (Fsp3) is 0.364. The maximum absolute atomic E-state index is 12.4. The summed E-state index contributed by atoms with van der Waals surface area (Å²) in [5.41, 5.74) is 5.42. The molecule has 0 radical (unpaired) electrons. The topological polar surface area (TPSA) is 43.1 Å². The molecule has 1 aromatic carbocycles. The van der Waals surface area contributed by atoms with Crippen LogP contribution in [0.3, 0.4) is 0 Å². The van der Waals surface area contributed by atoms with Gasteiger partial charge in [-0.2, -0.15) is 13.2 Å². The molecule has 0 saturated heterocycles. The number of benzene rings is 1. The van der Waals surface area contributed by atoms with E-state index in [0.717, 1.165) is 11.8 Å². The second kappa shape index (κ2) is 6.33. The second-order valence-corrected chi connectivity index (χ2v) is 5.26. The summed E-state index contributed by atoms with van der Waals surface area (Å²) >= 11 is 6.55. The Morgan fingerprint density at radius 1 is 1.33 bits per heavy atom. The third-order valence-corrected chi connectivity index (χ3v) is 3.63. The minimum Gasteiger partial charge on any atom is -0.369 e. The number of amides is 1. The van der Waals surface area contributed by atoms with Crippen LogP contribution in [0.15, 0.2) is 24.3 Å². The average Bonchev–Trinajstić information content (AvgIpc) is 2.23. The van der Waals surface area contributed by atoms with Gasteiger partial charge in [0.25, 0.3) is 0 Å². The van der Waals surface area contributed by atoms with Crippen molar-refractivity contribution in [2.75, 3.05) is 5.75 Å². The quantitative estimate of drug-likeness (QED) is 0.903. The monoisotopic (exact) mass is 297 g/mol. The Bertz CT molecular complexity index is 408. The predicted molar refractivity (Wildman–Crippen MR) is 66.5 cm³/mol. The molecule has 0 fully saturated rings. The highest BCUT2D eigenvalue weighted by molar-refractivity contribution is 8.00. The van der Waals surface area contributed by atoms with E-state index in [4.69, 9.17) is 17.3 Å². The van der Waals surface area contributed by atoms with Gasteiger partial charge in [0.05, 0.1) is 12.2 Å². The first-order valence-electron chi connectivity index (χ1n) is 5.00. The summed E-state index contributed by atoms with van der Waals surface area (Å²) in [5.74, 6) is -0.787. The van der Waals surface area contributed by atoms with Crippen molar-refractivity contribution >= 4 is 29.3 Å². The van der Waals surface area contributed by atoms with Gasteiger partial charge in [0, 0.05) is 10.3 Å². The second-order valence-electron chi connectivity index (χ2n) is 3.64. The molecule has 1 amide bonds. The Balaban J connectivity index is 2.82. The van der Waals surface area contributed by atoms with Crippen LogP contribution in [0.2, 0.25) is 5.02 Å². The highest BCUT2D eigenvalue weighted by Crippen LogP contribution is 2.39. The van der Waals surface area contributed by atoms with E-state index in [2.05, 4.69) is 0 Å². The molecule has 1 atom stereocenters. The van der Waals surface area contributed by atoms with E-state index in [0.29, 0.717) is 10.6 Å². The van der Waals surface area contributed by atoms with Crippen LogP contribution < -0.4 is 5.73 Å². The summed E-state index contributed by atoms with van der Waals surface area (Å²) < 4.78 is 37.3. The Kier molecular flexibility index (Phi) is 5.34. The van der Waals surface area contributed by atoms with E-state index in [-0.39, 0.29) is 5.75 Å². The number of rotatable bonds is 5. The maximum Gasteiger partial charge on any atom is 0.390 e. The van der Waals surface area contributed by atoms with Crippen molar-refractivity contribution in [1.82, 2.24) is 0 Å². The van der Waals surface area contributed by atoms with Crippen LogP contribution in [0.25, 0.3) is 0 Å². The predicted octanol–water partition coefficient (Wildman–Crippen LogP) is 3.55. The van der Waals surface area contributed by atoms with E-state index in [1.54, 1.807) is 0 Å². The molecule has 0 spiro atoms. The molecule has 1 rings (SSSR count). The molecule has 2 N–H and O–H groups in total. The zero-order chi connectivity index (χ0) is 13.8. The first kappa shape index (κ1) is 15.2. The van der Waals surface area contributed by atoms with Gasteiger partial charge in [0.15, 0.2) is 0 Å². The molecule has 0 bridgehead atoms. The molecule has 0 aliphatic carbocycles. The number of hydrogen-bond donors (Lipinski definition) is 1. The van der Waals surface area contributed by atoms with E-state index in [9.17, 15) is 18.0 Å². The van der Waals surface area contributed by atoms with Crippen molar-refractivity contribution in [3.8, 4) is 0 Å². The third-order valence-electron chi connectivity index (χ3n) is 2.09. The van der Waals surface area contributed by atoms with Gasteiger partial charge in [-0.1, -0.05) is 23.7 Å².